The molecule has 1 heteroatoms. The quantitative estimate of drug-likeness (QED) is 0.575. The molecule has 2 aliphatic rings. The van der Waals surface area contributed by atoms with Crippen LogP contribution in [0.5, 0.6) is 0 Å². The lowest BCUT2D eigenvalue weighted by Crippen LogP contribution is -2.45. The van der Waals surface area contributed by atoms with Crippen LogP contribution in [0.1, 0.15) is 27.2 Å². The largest absolute Gasteiger partial charge is 0.380 e. The number of hydrogen-bond donors (Lipinski definition) is 1. The van der Waals surface area contributed by atoms with Gasteiger partial charge < -0.3 is 5.32 Å². The van der Waals surface area contributed by atoms with E-state index >= 15 is 0 Å². The van der Waals surface area contributed by atoms with Gasteiger partial charge in [0.25, 0.3) is 0 Å². The second-order valence-electron chi connectivity index (χ2n) is 4.82. The van der Waals surface area contributed by atoms with Crippen LogP contribution in [0, 0.1) is 5.92 Å². The number of rotatable bonds is 0. The van der Waals surface area contributed by atoms with E-state index < -0.39 is 0 Å². The van der Waals surface area contributed by atoms with Gasteiger partial charge in [0.15, 0.2) is 0 Å². The Morgan fingerprint density at radius 3 is 2.86 bits per heavy atom. The molecule has 1 saturated heterocycles. The molecule has 0 amide bonds. The van der Waals surface area contributed by atoms with E-state index in [2.05, 4.69) is 44.0 Å². The molecular weight excluding hydrogens is 170 g/mol. The lowest BCUT2D eigenvalue weighted by atomic mass is 9.80. The highest BCUT2D eigenvalue weighted by Crippen LogP contribution is 2.33. The first-order valence-corrected chi connectivity index (χ1v) is 5.20. The predicted molar refractivity (Wildman–Crippen MR) is 59.8 cm³/mol. The van der Waals surface area contributed by atoms with E-state index in [9.17, 15) is 0 Å². The molecule has 0 aromatic rings. The van der Waals surface area contributed by atoms with Gasteiger partial charge in [0.1, 0.15) is 0 Å². The lowest BCUT2D eigenvalue weighted by Gasteiger charge is -2.39. The summed E-state index contributed by atoms with van der Waals surface area (Å²) in [4.78, 5) is 0. The third-order valence-electron chi connectivity index (χ3n) is 2.84. The fourth-order valence-corrected chi connectivity index (χ4v) is 2.35. The van der Waals surface area contributed by atoms with Crippen LogP contribution in [0.2, 0.25) is 0 Å². The molecule has 1 fully saturated rings. The first kappa shape index (κ1) is 9.36. The molecule has 0 aromatic carbocycles. The van der Waals surface area contributed by atoms with Crippen molar-refractivity contribution >= 4 is 0 Å². The highest BCUT2D eigenvalue weighted by atomic mass is 15.0. The van der Waals surface area contributed by atoms with Gasteiger partial charge in [-0.15, -0.1) is 5.73 Å². The number of piperidine rings is 1. The van der Waals surface area contributed by atoms with Gasteiger partial charge in [0.2, 0.25) is 0 Å². The van der Waals surface area contributed by atoms with E-state index in [0.717, 1.165) is 0 Å². The second-order valence-corrected chi connectivity index (χ2v) is 4.82. The van der Waals surface area contributed by atoms with Crippen LogP contribution in [0.25, 0.3) is 0 Å². The van der Waals surface area contributed by atoms with Gasteiger partial charge in [-0.2, -0.15) is 0 Å². The van der Waals surface area contributed by atoms with Gasteiger partial charge in [0, 0.05) is 11.2 Å². The first-order chi connectivity index (χ1) is 6.58. The molecule has 14 heavy (non-hydrogen) atoms. The molecule has 1 atom stereocenters. The second kappa shape index (κ2) is 3.18. The van der Waals surface area contributed by atoms with Crippen LogP contribution in [-0.4, -0.2) is 5.54 Å². The highest BCUT2D eigenvalue weighted by Gasteiger charge is 2.30. The average Bonchev–Trinajstić information content (AvgIpc) is 2.27. The van der Waals surface area contributed by atoms with E-state index in [1.165, 1.54) is 17.7 Å². The molecule has 2 rings (SSSR count). The van der Waals surface area contributed by atoms with E-state index in [-0.39, 0.29) is 5.54 Å². The number of fused-ring (bicyclic) bond motifs is 1. The molecule has 1 aliphatic heterocycles. The van der Waals surface area contributed by atoms with Crippen LogP contribution in [0.15, 0.2) is 41.3 Å². The maximum atomic E-state index is 3.57. The minimum Gasteiger partial charge on any atom is -0.380 e. The molecule has 1 nitrogen and oxygen atoms in total. The summed E-state index contributed by atoms with van der Waals surface area (Å²) in [6.45, 7) is 6.80. The molecule has 1 unspecified atom stereocenters. The van der Waals surface area contributed by atoms with Crippen LogP contribution in [0.4, 0.5) is 0 Å². The molecule has 0 aromatic heterocycles. The van der Waals surface area contributed by atoms with Crippen molar-refractivity contribution in [2.45, 2.75) is 32.7 Å². The minimum atomic E-state index is 0.209. The van der Waals surface area contributed by atoms with Crippen LogP contribution >= 0.6 is 0 Å². The van der Waals surface area contributed by atoms with E-state index in [0.29, 0.717) is 5.92 Å². The summed E-state index contributed by atoms with van der Waals surface area (Å²) in [5, 5.41) is 3.57. The Morgan fingerprint density at radius 2 is 2.07 bits per heavy atom. The fraction of sp³-hybridized carbons (Fsp3) is 0.462. The summed E-state index contributed by atoms with van der Waals surface area (Å²) < 4.78 is 0. The Bertz CT molecular complexity index is 363. The normalized spacial score (nSPS) is 28.4. The van der Waals surface area contributed by atoms with Crippen LogP contribution < -0.4 is 5.32 Å². The summed E-state index contributed by atoms with van der Waals surface area (Å²) in [5.41, 5.74) is 5.99. The monoisotopic (exact) mass is 187 g/mol. The minimum absolute atomic E-state index is 0.209. The van der Waals surface area contributed by atoms with Gasteiger partial charge in [-0.3, -0.25) is 0 Å². The zero-order valence-electron chi connectivity index (χ0n) is 9.09. The Hall–Kier alpha value is -1.20. The lowest BCUT2D eigenvalue weighted by molar-refractivity contribution is 0.322. The Balaban J connectivity index is 2.37. The van der Waals surface area contributed by atoms with Crippen molar-refractivity contribution in [3.8, 4) is 0 Å². The van der Waals surface area contributed by atoms with Crippen molar-refractivity contribution in [2.75, 3.05) is 0 Å². The average molecular weight is 187 g/mol. The van der Waals surface area contributed by atoms with E-state index in [4.69, 9.17) is 0 Å². The van der Waals surface area contributed by atoms with Gasteiger partial charge in [-0.25, -0.2) is 0 Å². The zero-order valence-corrected chi connectivity index (χ0v) is 9.09. The van der Waals surface area contributed by atoms with Crippen molar-refractivity contribution in [2.24, 2.45) is 5.92 Å². The predicted octanol–water partition coefficient (Wildman–Crippen LogP) is 2.93. The van der Waals surface area contributed by atoms with Gasteiger partial charge in [-0.1, -0.05) is 6.92 Å². The molecule has 0 radical (unpaired) electrons. The van der Waals surface area contributed by atoms with Crippen LogP contribution in [-0.2, 0) is 0 Å². The highest BCUT2D eigenvalue weighted by molar-refractivity contribution is 5.41. The molecule has 1 aliphatic carbocycles. The van der Waals surface area contributed by atoms with E-state index in [1.54, 1.807) is 0 Å². The first-order valence-electron chi connectivity index (χ1n) is 5.20. The zero-order chi connectivity index (χ0) is 10.2. The maximum absolute atomic E-state index is 3.57. The topological polar surface area (TPSA) is 12.0 Å². The number of allylic oxidation sites excluding steroid dienone is 4. The fourth-order valence-electron chi connectivity index (χ4n) is 2.35. The summed E-state index contributed by atoms with van der Waals surface area (Å²) in [5.74, 6) is 0.627. The van der Waals surface area contributed by atoms with Crippen molar-refractivity contribution in [3.05, 3.63) is 41.3 Å². The Labute approximate surface area is 85.9 Å². The van der Waals surface area contributed by atoms with Crippen molar-refractivity contribution in [1.29, 1.82) is 0 Å². The molecule has 1 N–H and O–H groups in total. The van der Waals surface area contributed by atoms with Crippen molar-refractivity contribution in [3.63, 3.8) is 0 Å². The third kappa shape index (κ3) is 1.69. The van der Waals surface area contributed by atoms with Gasteiger partial charge in [-0.05, 0) is 56.1 Å². The maximum Gasteiger partial charge on any atom is 0.0385 e. The van der Waals surface area contributed by atoms with Crippen molar-refractivity contribution in [1.82, 2.24) is 5.32 Å². The number of nitrogens with one attached hydrogen (secondary N) is 1. The molecule has 1 heterocycles. The third-order valence-corrected chi connectivity index (χ3v) is 2.84. The van der Waals surface area contributed by atoms with E-state index in [1.807, 2.05) is 12.2 Å². The molecule has 0 saturated carbocycles. The summed E-state index contributed by atoms with van der Waals surface area (Å²) in [7, 11) is 0. The smallest absolute Gasteiger partial charge is 0.0385 e. The molecule has 0 spiro atoms. The Kier molecular flexibility index (Phi) is 2.13. The molecule has 0 bridgehead atoms. The van der Waals surface area contributed by atoms with Crippen LogP contribution in [0.3, 0.4) is 0 Å². The van der Waals surface area contributed by atoms with Crippen molar-refractivity contribution < 1.29 is 0 Å². The number of hydrogen-bond acceptors (Lipinski definition) is 1. The summed E-state index contributed by atoms with van der Waals surface area (Å²) in [6.07, 6.45) is 9.44. The Morgan fingerprint density at radius 1 is 1.36 bits per heavy atom. The standard InChI is InChI=1S/C13H17N/c1-10-9-13(2,3)14-12-8-6-4-5-7-11(10)12/h5-8,10,14H,9H2,1-3H3. The van der Waals surface area contributed by atoms with Gasteiger partial charge in [0.05, 0.1) is 0 Å². The molecular formula is C13H17N. The summed E-state index contributed by atoms with van der Waals surface area (Å²) in [6, 6.07) is 0. The summed E-state index contributed by atoms with van der Waals surface area (Å²) >= 11 is 0. The SMILES string of the molecule is CC1CC(C)(C)NC2=CC=C=CC=C21. The van der Waals surface area contributed by atoms with Gasteiger partial charge >= 0.3 is 0 Å². The molecule has 74 valence electrons.